The van der Waals surface area contributed by atoms with E-state index in [1.165, 1.54) is 24.3 Å². The van der Waals surface area contributed by atoms with Gasteiger partial charge in [-0.1, -0.05) is 30.3 Å². The fourth-order valence-electron chi connectivity index (χ4n) is 5.39. The van der Waals surface area contributed by atoms with E-state index < -0.39 is 0 Å². The predicted molar refractivity (Wildman–Crippen MR) is 180 cm³/mol. The maximum atomic E-state index is 13.7. The van der Waals surface area contributed by atoms with Gasteiger partial charge in [0.25, 0.3) is 0 Å². The number of halogens is 2. The van der Waals surface area contributed by atoms with E-state index in [-0.39, 0.29) is 23.8 Å². The molecule has 0 saturated heterocycles. The molecule has 0 spiro atoms. The van der Waals surface area contributed by atoms with Crippen LogP contribution in [0.2, 0.25) is 0 Å². The number of β-amino-alcohol motifs (C(OH)–C–C–N with tert-alkyl or cyclic N) is 1. The topological polar surface area (TPSA) is 74.3 Å². The van der Waals surface area contributed by atoms with E-state index in [0.717, 1.165) is 49.3 Å². The molecule has 2 heterocycles. The third-order valence-electron chi connectivity index (χ3n) is 7.53. The molecule has 0 fully saturated rings. The van der Waals surface area contributed by atoms with Crippen LogP contribution in [0.15, 0.2) is 133 Å². The van der Waals surface area contributed by atoms with Gasteiger partial charge in [-0.15, -0.1) is 11.3 Å². The average molecular weight is 625 g/mol. The van der Waals surface area contributed by atoms with Crippen molar-refractivity contribution in [2.24, 2.45) is 0 Å². The molecule has 4 aromatic carbocycles. The van der Waals surface area contributed by atoms with Crippen LogP contribution >= 0.6 is 11.3 Å². The summed E-state index contributed by atoms with van der Waals surface area (Å²) in [5, 5.41) is 29.0. The summed E-state index contributed by atoms with van der Waals surface area (Å²) in [4.78, 5) is 5.96. The second-order valence-electron chi connectivity index (χ2n) is 10.3. The minimum absolute atomic E-state index is 0.0290. The highest BCUT2D eigenvalue weighted by Crippen LogP contribution is 2.39. The van der Waals surface area contributed by atoms with Crippen molar-refractivity contribution < 1.29 is 13.9 Å². The molecule has 0 bridgehead atoms. The van der Waals surface area contributed by atoms with Gasteiger partial charge in [-0.05, 0) is 103 Å². The molecular weight excluding hydrogens is 599 g/mol. The second-order valence-corrected chi connectivity index (χ2v) is 11.5. The zero-order valence-electron chi connectivity index (χ0n) is 24.4. The van der Waals surface area contributed by atoms with Crippen molar-refractivity contribution >= 4 is 45.7 Å². The van der Waals surface area contributed by atoms with Crippen LogP contribution in [0, 0.1) is 34.3 Å². The Balaban J connectivity index is 1.29. The van der Waals surface area contributed by atoms with Crippen molar-refractivity contribution in [1.82, 2.24) is 0 Å². The first kappa shape index (κ1) is 30.2. The Bertz CT molecular complexity index is 1990. The van der Waals surface area contributed by atoms with Crippen molar-refractivity contribution in [1.29, 1.82) is 10.5 Å². The number of hydrogen-bond donors (Lipinski definition) is 1. The molecule has 0 aliphatic carbocycles. The third-order valence-corrected chi connectivity index (χ3v) is 8.63. The number of anilines is 4. The minimum atomic E-state index is -0.336. The fraction of sp³-hybridized carbons (Fsp3) is 0.0526. The molecule has 0 radical (unpaired) electrons. The Morgan fingerprint density at radius 1 is 0.761 bits per heavy atom. The van der Waals surface area contributed by atoms with Gasteiger partial charge >= 0.3 is 0 Å². The monoisotopic (exact) mass is 624 g/mol. The lowest BCUT2D eigenvalue weighted by Crippen LogP contribution is -2.28. The number of allylic oxidation sites excluding steroid dienone is 4. The van der Waals surface area contributed by atoms with Gasteiger partial charge in [0.2, 0.25) is 0 Å². The quantitative estimate of drug-likeness (QED) is 0.174. The van der Waals surface area contributed by atoms with Crippen molar-refractivity contribution in [3.8, 4) is 22.6 Å². The molecule has 5 nitrogen and oxygen atoms in total. The van der Waals surface area contributed by atoms with Gasteiger partial charge in [-0.2, -0.15) is 10.5 Å². The van der Waals surface area contributed by atoms with Crippen LogP contribution in [0.3, 0.4) is 0 Å². The van der Waals surface area contributed by atoms with Crippen LogP contribution in [-0.2, 0) is 0 Å². The molecule has 0 saturated carbocycles. The van der Waals surface area contributed by atoms with E-state index in [1.807, 2.05) is 101 Å². The van der Waals surface area contributed by atoms with Crippen LogP contribution in [0.25, 0.3) is 22.1 Å². The van der Waals surface area contributed by atoms with Crippen LogP contribution in [0.4, 0.5) is 31.5 Å². The summed E-state index contributed by atoms with van der Waals surface area (Å²) in [5.74, 6) is -0.671. The highest BCUT2D eigenvalue weighted by molar-refractivity contribution is 7.16. The number of para-hydroxylation sites is 1. The zero-order valence-corrected chi connectivity index (χ0v) is 25.3. The lowest BCUT2D eigenvalue weighted by atomic mass is 9.93. The van der Waals surface area contributed by atoms with Gasteiger partial charge in [-0.25, -0.2) is 8.78 Å². The largest absolute Gasteiger partial charge is 0.395 e. The van der Waals surface area contributed by atoms with Crippen LogP contribution in [0.5, 0.6) is 0 Å². The molecule has 5 aromatic rings. The molecule has 6 rings (SSSR count). The van der Waals surface area contributed by atoms with E-state index in [1.54, 1.807) is 35.6 Å². The normalized spacial score (nSPS) is 12.3. The van der Waals surface area contributed by atoms with Gasteiger partial charge in [0.05, 0.1) is 6.61 Å². The number of rotatable bonds is 8. The summed E-state index contributed by atoms with van der Waals surface area (Å²) < 4.78 is 27.4. The number of aliphatic hydroxyl groups is 1. The maximum Gasteiger partial charge on any atom is 0.137 e. The van der Waals surface area contributed by atoms with E-state index in [9.17, 15) is 24.4 Å². The first-order chi connectivity index (χ1) is 22.5. The summed E-state index contributed by atoms with van der Waals surface area (Å²) in [5.41, 5.74) is 6.26. The summed E-state index contributed by atoms with van der Waals surface area (Å²) in [7, 11) is 0. The first-order valence-corrected chi connectivity index (χ1v) is 15.2. The predicted octanol–water partition coefficient (Wildman–Crippen LogP) is 9.37. The second kappa shape index (κ2) is 13.5. The molecule has 46 heavy (non-hydrogen) atoms. The van der Waals surface area contributed by atoms with Gasteiger partial charge in [0.15, 0.2) is 0 Å². The summed E-state index contributed by atoms with van der Waals surface area (Å²) in [6, 6.07) is 35.9. The molecule has 0 amide bonds. The van der Waals surface area contributed by atoms with E-state index in [0.29, 0.717) is 12.1 Å². The number of nitrogens with zero attached hydrogens (tertiary/aromatic N) is 4. The number of fused-ring (bicyclic) bond motifs is 1. The lowest BCUT2D eigenvalue weighted by Gasteiger charge is -2.32. The van der Waals surface area contributed by atoms with Crippen LogP contribution in [0.1, 0.15) is 10.4 Å². The molecule has 1 aromatic heterocycles. The average Bonchev–Trinajstić information content (AvgIpc) is 3.57. The Morgan fingerprint density at radius 3 is 1.93 bits per heavy atom. The smallest absolute Gasteiger partial charge is 0.137 e. The SMILES string of the molecule is N#CC(C#N)=C1C=C(/C=C/c2ccc(-c3ccc(N(c4ccc(F)cc4)c4ccc(F)cc4)cc3)s2)N(CCO)c2ccccc21. The van der Waals surface area contributed by atoms with Crippen LogP contribution in [-0.4, -0.2) is 18.3 Å². The Labute approximate surface area is 269 Å². The van der Waals surface area contributed by atoms with Crippen molar-refractivity contribution in [2.45, 2.75) is 0 Å². The molecular formula is C38H26F2N4OS. The Morgan fingerprint density at radius 2 is 1.35 bits per heavy atom. The van der Waals surface area contributed by atoms with E-state index >= 15 is 0 Å². The van der Waals surface area contributed by atoms with Gasteiger partial charge in [0, 0.05) is 55.9 Å². The van der Waals surface area contributed by atoms with Crippen LogP contribution < -0.4 is 9.80 Å². The van der Waals surface area contributed by atoms with Crippen molar-refractivity contribution in [2.75, 3.05) is 23.0 Å². The number of thiophene rings is 1. The first-order valence-electron chi connectivity index (χ1n) is 14.4. The highest BCUT2D eigenvalue weighted by Gasteiger charge is 2.23. The van der Waals surface area contributed by atoms with Gasteiger partial charge < -0.3 is 14.9 Å². The molecule has 224 valence electrons. The van der Waals surface area contributed by atoms with Gasteiger partial charge in [-0.3, -0.25) is 0 Å². The number of nitriles is 2. The lowest BCUT2D eigenvalue weighted by molar-refractivity contribution is 0.304. The molecule has 1 aliphatic heterocycles. The molecule has 0 atom stereocenters. The number of benzene rings is 4. The summed E-state index contributed by atoms with van der Waals surface area (Å²) in [6.07, 6.45) is 5.73. The summed E-state index contributed by atoms with van der Waals surface area (Å²) in [6.45, 7) is 0.282. The molecule has 1 aliphatic rings. The fourth-order valence-corrected chi connectivity index (χ4v) is 6.30. The zero-order chi connectivity index (χ0) is 32.0. The Hall–Kier alpha value is -5.80. The van der Waals surface area contributed by atoms with Crippen molar-refractivity contribution in [3.05, 3.63) is 155 Å². The van der Waals surface area contributed by atoms with E-state index in [4.69, 9.17) is 0 Å². The summed E-state index contributed by atoms with van der Waals surface area (Å²) >= 11 is 1.61. The van der Waals surface area contributed by atoms with Crippen molar-refractivity contribution in [3.63, 3.8) is 0 Å². The standard InChI is InChI=1S/C38H26F2N4OS/c39-28-7-13-31(14-8-28)44(32-15-9-29(40)10-16-32)30-11-5-26(6-12-30)38-20-19-34(46-38)18-17-33-23-36(27(24-41)25-42)35-3-1-2-4-37(35)43(33)21-22-45/h1-20,23,45H,21-22H2/b18-17+. The number of hydrogen-bond acceptors (Lipinski definition) is 6. The maximum absolute atomic E-state index is 13.7. The Kier molecular flexibility index (Phi) is 8.84. The van der Waals surface area contributed by atoms with E-state index in [2.05, 4.69) is 0 Å². The van der Waals surface area contributed by atoms with Gasteiger partial charge in [0.1, 0.15) is 29.3 Å². The highest BCUT2D eigenvalue weighted by atomic mass is 32.1. The molecule has 8 heteroatoms. The molecule has 0 unspecified atom stereocenters. The molecule has 1 N–H and O–H groups in total. The third kappa shape index (κ3) is 6.22. The minimum Gasteiger partial charge on any atom is -0.395 e. The number of aliphatic hydroxyl groups excluding tert-OH is 1.